The first-order valence-electron chi connectivity index (χ1n) is 3.07. The van der Waals surface area contributed by atoms with Crippen LogP contribution in [0, 0.1) is 10.1 Å². The van der Waals surface area contributed by atoms with Crippen molar-refractivity contribution in [3.63, 3.8) is 0 Å². The number of nitro benzene ring substituents is 1. The van der Waals surface area contributed by atoms with Crippen LogP contribution in [0.2, 0.25) is 5.02 Å². The molecule has 0 aliphatic carbocycles. The molecule has 0 aliphatic heterocycles. The van der Waals surface area contributed by atoms with E-state index in [0.29, 0.717) is 0 Å². The molecule has 0 fully saturated rings. The van der Waals surface area contributed by atoms with Crippen LogP contribution in [0.15, 0.2) is 23.1 Å². The van der Waals surface area contributed by atoms with Crippen LogP contribution < -0.4 is 0 Å². The van der Waals surface area contributed by atoms with Crippen molar-refractivity contribution in [2.75, 3.05) is 0 Å². The Morgan fingerprint density at radius 3 is 2.62 bits per heavy atom. The van der Waals surface area contributed by atoms with E-state index in [1.807, 2.05) is 0 Å². The third-order valence-electron chi connectivity index (χ3n) is 1.32. The second-order valence-electron chi connectivity index (χ2n) is 2.12. The van der Waals surface area contributed by atoms with Crippen molar-refractivity contribution in [3.05, 3.63) is 33.3 Å². The molecular formula is C6H4ClNO4S. The lowest BCUT2D eigenvalue weighted by atomic mass is 10.3. The summed E-state index contributed by atoms with van der Waals surface area (Å²) in [4.78, 5) is 9.58. The van der Waals surface area contributed by atoms with E-state index in [4.69, 9.17) is 16.2 Å². The maximum atomic E-state index is 10.5. The highest BCUT2D eigenvalue weighted by Crippen LogP contribution is 2.25. The molecule has 13 heavy (non-hydrogen) atoms. The maximum Gasteiger partial charge on any atom is 0.289 e. The minimum atomic E-state index is -2.23. The molecular weight excluding hydrogens is 218 g/mol. The van der Waals surface area contributed by atoms with Crippen LogP contribution in [0.1, 0.15) is 0 Å². The van der Waals surface area contributed by atoms with Gasteiger partial charge in [-0.2, -0.15) is 0 Å². The molecule has 0 amide bonds. The van der Waals surface area contributed by atoms with Crippen LogP contribution in [0.3, 0.4) is 0 Å². The number of nitrogens with zero attached hydrogens (tertiary/aromatic N) is 1. The predicted octanol–water partition coefficient (Wildman–Crippen LogP) is 1.83. The average Bonchev–Trinajstić information content (AvgIpc) is 2.04. The van der Waals surface area contributed by atoms with Gasteiger partial charge in [-0.25, -0.2) is 4.21 Å². The second-order valence-corrected chi connectivity index (χ2v) is 3.50. The first kappa shape index (κ1) is 10.1. The summed E-state index contributed by atoms with van der Waals surface area (Å²) in [5.41, 5.74) is -0.374. The first-order valence-corrected chi connectivity index (χ1v) is 4.55. The van der Waals surface area contributed by atoms with Gasteiger partial charge in [0.1, 0.15) is 5.02 Å². The van der Waals surface area contributed by atoms with Gasteiger partial charge in [0.05, 0.1) is 9.82 Å². The zero-order chi connectivity index (χ0) is 10.0. The Balaban J connectivity index is 3.27. The Kier molecular flexibility index (Phi) is 2.97. The Morgan fingerprint density at radius 2 is 2.15 bits per heavy atom. The number of nitro groups is 1. The zero-order valence-corrected chi connectivity index (χ0v) is 7.71. The molecule has 0 bridgehead atoms. The lowest BCUT2D eigenvalue weighted by Gasteiger charge is -1.96. The molecule has 0 aliphatic rings. The highest BCUT2D eigenvalue weighted by atomic mass is 35.5. The molecule has 0 aromatic heterocycles. The van der Waals surface area contributed by atoms with Gasteiger partial charge in [-0.1, -0.05) is 11.6 Å². The second kappa shape index (κ2) is 3.82. The van der Waals surface area contributed by atoms with E-state index < -0.39 is 16.0 Å². The molecule has 1 rings (SSSR count). The molecule has 0 spiro atoms. The van der Waals surface area contributed by atoms with Crippen molar-refractivity contribution >= 4 is 28.4 Å². The summed E-state index contributed by atoms with van der Waals surface area (Å²) in [5.74, 6) is 0. The summed E-state index contributed by atoms with van der Waals surface area (Å²) in [6.45, 7) is 0. The molecule has 7 heteroatoms. The van der Waals surface area contributed by atoms with E-state index in [0.717, 1.165) is 6.07 Å². The van der Waals surface area contributed by atoms with Gasteiger partial charge in [0.2, 0.25) is 0 Å². The van der Waals surface area contributed by atoms with Crippen LogP contribution in [0.4, 0.5) is 5.69 Å². The fraction of sp³-hybridized carbons (Fsp3) is 0. The van der Waals surface area contributed by atoms with Crippen LogP contribution in [0.5, 0.6) is 0 Å². The summed E-state index contributed by atoms with van der Waals surface area (Å²) in [7, 11) is 0. The summed E-state index contributed by atoms with van der Waals surface area (Å²) in [6, 6.07) is 3.44. The van der Waals surface area contributed by atoms with Gasteiger partial charge in [0.25, 0.3) is 5.69 Å². The van der Waals surface area contributed by atoms with Crippen LogP contribution in [-0.4, -0.2) is 13.7 Å². The molecule has 1 aromatic rings. The lowest BCUT2D eigenvalue weighted by molar-refractivity contribution is -0.384. The molecule has 1 unspecified atom stereocenters. The first-order chi connectivity index (χ1) is 6.02. The molecule has 1 atom stereocenters. The van der Waals surface area contributed by atoms with Crippen LogP contribution in [0.25, 0.3) is 0 Å². The molecule has 1 aromatic carbocycles. The largest absolute Gasteiger partial charge is 0.302 e. The average molecular weight is 222 g/mol. The minimum Gasteiger partial charge on any atom is -0.302 e. The monoisotopic (exact) mass is 221 g/mol. The SMILES string of the molecule is O=[N+]([O-])c1cc(S(=O)O)ccc1Cl. The van der Waals surface area contributed by atoms with Crippen molar-refractivity contribution in [1.82, 2.24) is 0 Å². The normalized spacial score (nSPS) is 12.5. The third-order valence-corrected chi connectivity index (χ3v) is 2.29. The fourth-order valence-electron chi connectivity index (χ4n) is 0.741. The topological polar surface area (TPSA) is 80.4 Å². The van der Waals surface area contributed by atoms with Gasteiger partial charge >= 0.3 is 0 Å². The fourth-order valence-corrected chi connectivity index (χ4v) is 1.32. The molecule has 70 valence electrons. The Bertz CT molecular complexity index is 381. The van der Waals surface area contributed by atoms with E-state index in [1.165, 1.54) is 12.1 Å². The molecule has 1 N–H and O–H groups in total. The Labute approximate surface area is 80.8 Å². The summed E-state index contributed by atoms with van der Waals surface area (Å²) in [5, 5.41) is 10.3. The summed E-state index contributed by atoms with van der Waals surface area (Å²) >= 11 is 3.25. The predicted molar refractivity (Wildman–Crippen MR) is 47.1 cm³/mol. The van der Waals surface area contributed by atoms with Gasteiger partial charge in [-0.3, -0.25) is 10.1 Å². The summed E-state index contributed by atoms with van der Waals surface area (Å²) < 4.78 is 19.2. The van der Waals surface area contributed by atoms with Crippen molar-refractivity contribution in [2.24, 2.45) is 0 Å². The van der Waals surface area contributed by atoms with E-state index in [2.05, 4.69) is 0 Å². The third kappa shape index (κ3) is 2.24. The maximum absolute atomic E-state index is 10.5. The molecule has 0 saturated carbocycles. The summed E-state index contributed by atoms with van der Waals surface area (Å²) in [6.07, 6.45) is 0. The molecule has 0 heterocycles. The van der Waals surface area contributed by atoms with Crippen molar-refractivity contribution in [2.45, 2.75) is 4.90 Å². The van der Waals surface area contributed by atoms with Crippen molar-refractivity contribution in [1.29, 1.82) is 0 Å². The molecule has 0 radical (unpaired) electrons. The van der Waals surface area contributed by atoms with E-state index in [1.54, 1.807) is 0 Å². The number of rotatable bonds is 2. The van der Waals surface area contributed by atoms with Gasteiger partial charge < -0.3 is 4.55 Å². The number of halogens is 1. The molecule has 0 saturated heterocycles. The van der Waals surface area contributed by atoms with Gasteiger partial charge in [-0.15, -0.1) is 0 Å². The van der Waals surface area contributed by atoms with Gasteiger partial charge in [0, 0.05) is 6.07 Å². The standard InChI is InChI=1S/C6H4ClNO4S/c7-5-2-1-4(13(11)12)3-6(5)8(9)10/h1-3H,(H,11,12). The number of hydrogen-bond acceptors (Lipinski definition) is 3. The van der Waals surface area contributed by atoms with E-state index >= 15 is 0 Å². The van der Waals surface area contributed by atoms with Crippen LogP contribution in [-0.2, 0) is 11.1 Å². The minimum absolute atomic E-state index is 0.0453. The Morgan fingerprint density at radius 1 is 1.54 bits per heavy atom. The molecule has 5 nitrogen and oxygen atoms in total. The van der Waals surface area contributed by atoms with E-state index in [9.17, 15) is 14.3 Å². The quantitative estimate of drug-likeness (QED) is 0.469. The van der Waals surface area contributed by atoms with Crippen LogP contribution >= 0.6 is 11.6 Å². The van der Waals surface area contributed by atoms with Crippen molar-refractivity contribution in [3.8, 4) is 0 Å². The van der Waals surface area contributed by atoms with E-state index in [-0.39, 0.29) is 15.6 Å². The lowest BCUT2D eigenvalue weighted by Crippen LogP contribution is -1.93. The van der Waals surface area contributed by atoms with Gasteiger partial charge in [-0.05, 0) is 12.1 Å². The smallest absolute Gasteiger partial charge is 0.289 e. The van der Waals surface area contributed by atoms with Crippen molar-refractivity contribution < 1.29 is 13.7 Å². The highest BCUT2D eigenvalue weighted by molar-refractivity contribution is 7.79. The zero-order valence-electron chi connectivity index (χ0n) is 6.14. The Hall–Kier alpha value is -0.980. The number of benzene rings is 1. The number of hydrogen-bond donors (Lipinski definition) is 1. The van der Waals surface area contributed by atoms with Gasteiger partial charge in [0.15, 0.2) is 11.1 Å². The highest BCUT2D eigenvalue weighted by Gasteiger charge is 2.14.